The number of ether oxygens (including phenoxy) is 2. The minimum absolute atomic E-state index is 0.0186. The summed E-state index contributed by atoms with van der Waals surface area (Å²) in [5.74, 6) is 0. The average molecular weight is 386 g/mol. The molecule has 0 saturated carbocycles. The van der Waals surface area contributed by atoms with Crippen molar-refractivity contribution in [3.8, 4) is 0 Å². The second kappa shape index (κ2) is 6.11. The monoisotopic (exact) mass is 386 g/mol. The summed E-state index contributed by atoms with van der Waals surface area (Å²) in [6, 6.07) is 0. The molecule has 7 nitrogen and oxygen atoms in total. The van der Waals surface area contributed by atoms with E-state index >= 15 is 0 Å². The van der Waals surface area contributed by atoms with Crippen molar-refractivity contribution in [2.75, 3.05) is 13.7 Å². The molecule has 2 unspecified atom stereocenters. The molecule has 1 aliphatic rings. The minimum atomic E-state index is -1.52. The molecule has 0 aliphatic carbocycles. The van der Waals surface area contributed by atoms with Crippen molar-refractivity contribution in [3.05, 3.63) is 32.6 Å². The number of H-pyrrole nitrogens is 2. The topological polar surface area (TPSA) is 93.4 Å². The Morgan fingerprint density at radius 2 is 2.26 bits per heavy atom. The zero-order chi connectivity index (χ0) is 14.0. The molecule has 0 aromatic carbocycles. The summed E-state index contributed by atoms with van der Waals surface area (Å²) in [4.78, 5) is 26.9. The fraction of sp³-hybridized carbons (Fsp3) is 0.600. The van der Waals surface area contributed by atoms with E-state index in [1.165, 1.54) is 7.11 Å². The van der Waals surface area contributed by atoms with Crippen LogP contribution in [-0.4, -0.2) is 42.1 Å². The van der Waals surface area contributed by atoms with Crippen LogP contribution in [-0.2, 0) is 12.5 Å². The van der Waals surface area contributed by atoms with Crippen LogP contribution in [0.1, 0.15) is 11.7 Å². The lowest BCUT2D eigenvalue weighted by Gasteiger charge is -2.15. The Morgan fingerprint density at radius 3 is 2.84 bits per heavy atom. The third-order valence-electron chi connectivity index (χ3n) is 2.94. The number of rotatable bonds is 4. The van der Waals surface area contributed by atoms with Crippen molar-refractivity contribution in [2.24, 2.45) is 0 Å². The maximum Gasteiger partial charge on any atom is 0.325 e. The van der Waals surface area contributed by atoms with Crippen LogP contribution in [0.5, 0.6) is 0 Å². The number of nitrogens with one attached hydrogen (secondary N) is 2. The third kappa shape index (κ3) is 2.88. The second-order valence-electron chi connectivity index (χ2n) is 4.04. The summed E-state index contributed by atoms with van der Waals surface area (Å²) >= 11 is 1.67. The lowest BCUT2D eigenvalue weighted by atomic mass is 10.1. The average Bonchev–Trinajstić information content (AvgIpc) is 2.66. The molecule has 2 N–H and O–H groups in total. The fourth-order valence-electron chi connectivity index (χ4n) is 2.07. The van der Waals surface area contributed by atoms with Crippen molar-refractivity contribution < 1.29 is 16.9 Å². The SMILES string of the molecule is COC1C(F)[C@H](c2c[nH]c(=O)[nH]c2=O)O[C@@H]1COI. The van der Waals surface area contributed by atoms with Gasteiger partial charge in [0, 0.05) is 13.3 Å². The van der Waals surface area contributed by atoms with Crippen LogP contribution in [0.4, 0.5) is 4.39 Å². The standard InChI is InChI=1S/C10H12FIN2O5/c1-17-8-5(3-18-12)19-7(6(8)11)4-2-13-10(16)14-9(4)15/h2,5-8H,3H2,1H3,(H2,13,14,15,16)/t5-,6?,7+,8?/m1/s1. The lowest BCUT2D eigenvalue weighted by molar-refractivity contribution is -0.0229. The van der Waals surface area contributed by atoms with Crippen molar-refractivity contribution in [3.63, 3.8) is 0 Å². The first kappa shape index (κ1) is 14.6. The predicted molar refractivity (Wildman–Crippen MR) is 71.0 cm³/mol. The molecule has 1 fully saturated rings. The minimum Gasteiger partial charge on any atom is -0.375 e. The van der Waals surface area contributed by atoms with E-state index in [0.29, 0.717) is 0 Å². The van der Waals surface area contributed by atoms with E-state index in [1.54, 1.807) is 23.0 Å². The molecule has 1 aliphatic heterocycles. The lowest BCUT2D eigenvalue weighted by Crippen LogP contribution is -2.33. The van der Waals surface area contributed by atoms with Crippen LogP contribution < -0.4 is 11.2 Å². The maximum absolute atomic E-state index is 14.2. The number of aromatic amines is 2. The summed E-state index contributed by atoms with van der Waals surface area (Å²) in [5.41, 5.74) is -1.31. The highest BCUT2D eigenvalue weighted by Gasteiger charge is 2.47. The summed E-state index contributed by atoms with van der Waals surface area (Å²) in [5, 5.41) is 0. The third-order valence-corrected chi connectivity index (χ3v) is 3.30. The second-order valence-corrected chi connectivity index (χ2v) is 4.67. The molecule has 19 heavy (non-hydrogen) atoms. The smallest absolute Gasteiger partial charge is 0.325 e. The molecule has 2 heterocycles. The van der Waals surface area contributed by atoms with Crippen LogP contribution in [0.2, 0.25) is 0 Å². The van der Waals surface area contributed by atoms with Gasteiger partial charge in [-0.15, -0.1) is 0 Å². The van der Waals surface area contributed by atoms with E-state index < -0.39 is 35.7 Å². The van der Waals surface area contributed by atoms with Gasteiger partial charge < -0.3 is 17.5 Å². The van der Waals surface area contributed by atoms with Gasteiger partial charge in [-0.25, -0.2) is 9.18 Å². The Labute approximate surface area is 121 Å². The molecule has 9 heteroatoms. The molecular weight excluding hydrogens is 374 g/mol. The van der Waals surface area contributed by atoms with E-state index in [0.717, 1.165) is 6.20 Å². The van der Waals surface area contributed by atoms with E-state index in [1.807, 2.05) is 4.98 Å². The van der Waals surface area contributed by atoms with E-state index in [-0.39, 0.29) is 12.2 Å². The quantitative estimate of drug-likeness (QED) is 0.723. The maximum atomic E-state index is 14.2. The van der Waals surface area contributed by atoms with Gasteiger partial charge in [-0.05, 0) is 0 Å². The van der Waals surface area contributed by atoms with Crippen LogP contribution >= 0.6 is 23.0 Å². The molecular formula is C10H12FIN2O5. The van der Waals surface area contributed by atoms with E-state index in [9.17, 15) is 14.0 Å². The Morgan fingerprint density at radius 1 is 1.53 bits per heavy atom. The van der Waals surface area contributed by atoms with Gasteiger partial charge in [0.2, 0.25) is 0 Å². The molecule has 0 spiro atoms. The number of halogens is 2. The molecule has 0 radical (unpaired) electrons. The summed E-state index contributed by atoms with van der Waals surface area (Å²) < 4.78 is 29.6. The number of alkyl halides is 1. The molecule has 0 bridgehead atoms. The van der Waals surface area contributed by atoms with Gasteiger partial charge in [-0.1, -0.05) is 0 Å². The highest BCUT2D eigenvalue weighted by molar-refractivity contribution is 14.1. The molecule has 1 aromatic heterocycles. The fourth-order valence-corrected chi connectivity index (χ4v) is 2.43. The highest BCUT2D eigenvalue weighted by Crippen LogP contribution is 2.35. The van der Waals surface area contributed by atoms with E-state index in [2.05, 4.69) is 4.98 Å². The van der Waals surface area contributed by atoms with Crippen molar-refractivity contribution in [1.82, 2.24) is 9.97 Å². The first-order chi connectivity index (χ1) is 9.08. The Balaban J connectivity index is 2.30. The van der Waals surface area contributed by atoms with Crippen LogP contribution in [0.15, 0.2) is 15.8 Å². The summed E-state index contributed by atoms with van der Waals surface area (Å²) in [6.07, 6.45) is -2.91. The molecule has 1 saturated heterocycles. The summed E-state index contributed by atoms with van der Waals surface area (Å²) in [7, 11) is 1.36. The van der Waals surface area contributed by atoms with Gasteiger partial charge in [0.1, 0.15) is 41.3 Å². The first-order valence-electron chi connectivity index (χ1n) is 5.46. The van der Waals surface area contributed by atoms with Crippen LogP contribution in [0.25, 0.3) is 0 Å². The van der Waals surface area contributed by atoms with Gasteiger partial charge in [-0.3, -0.25) is 9.78 Å². The Hall–Kier alpha value is -0.780. The van der Waals surface area contributed by atoms with Crippen molar-refractivity contribution >= 4 is 23.0 Å². The Kier molecular flexibility index (Phi) is 4.71. The van der Waals surface area contributed by atoms with Gasteiger partial charge in [-0.2, -0.15) is 0 Å². The number of aromatic nitrogens is 2. The molecule has 0 amide bonds. The van der Waals surface area contributed by atoms with E-state index in [4.69, 9.17) is 12.5 Å². The zero-order valence-electron chi connectivity index (χ0n) is 9.89. The van der Waals surface area contributed by atoms with Crippen LogP contribution in [0, 0.1) is 0 Å². The normalized spacial score (nSPS) is 30.7. The van der Waals surface area contributed by atoms with Gasteiger partial charge in [0.05, 0.1) is 12.2 Å². The van der Waals surface area contributed by atoms with Crippen LogP contribution in [0.3, 0.4) is 0 Å². The molecule has 4 atom stereocenters. The Bertz CT molecular complexity index is 547. The molecule has 1 aromatic rings. The number of hydrogen-bond acceptors (Lipinski definition) is 5. The van der Waals surface area contributed by atoms with Gasteiger partial charge in [0.25, 0.3) is 5.56 Å². The van der Waals surface area contributed by atoms with Gasteiger partial charge >= 0.3 is 5.69 Å². The molecule has 2 rings (SSSR count). The molecule has 106 valence electrons. The number of hydrogen-bond donors (Lipinski definition) is 2. The van der Waals surface area contributed by atoms with Crippen molar-refractivity contribution in [2.45, 2.75) is 24.5 Å². The van der Waals surface area contributed by atoms with Gasteiger partial charge in [0.15, 0.2) is 6.17 Å². The predicted octanol–water partition coefficient (Wildman–Crippen LogP) is 0.223. The van der Waals surface area contributed by atoms with Crippen molar-refractivity contribution in [1.29, 1.82) is 0 Å². The summed E-state index contributed by atoms with van der Waals surface area (Å²) in [6.45, 7) is 0.136. The highest BCUT2D eigenvalue weighted by atomic mass is 127. The largest absolute Gasteiger partial charge is 0.375 e. The zero-order valence-corrected chi connectivity index (χ0v) is 12.0. The number of methoxy groups -OCH3 is 1. The first-order valence-corrected chi connectivity index (χ1v) is 6.34.